The summed E-state index contributed by atoms with van der Waals surface area (Å²) in [7, 11) is 0. The van der Waals surface area contributed by atoms with Crippen LogP contribution in [0.3, 0.4) is 0 Å². The second kappa shape index (κ2) is 8.22. The summed E-state index contributed by atoms with van der Waals surface area (Å²) < 4.78 is 13.4. The lowest BCUT2D eigenvalue weighted by Crippen LogP contribution is -2.34. The molecule has 3 aromatic rings. The van der Waals surface area contributed by atoms with Crippen molar-refractivity contribution in [1.82, 2.24) is 15.2 Å². The molecule has 1 aliphatic heterocycles. The van der Waals surface area contributed by atoms with E-state index in [1.165, 1.54) is 12.1 Å². The molecule has 1 aliphatic rings. The molecule has 0 bridgehead atoms. The van der Waals surface area contributed by atoms with E-state index in [1.807, 2.05) is 36.4 Å². The average Bonchev–Trinajstić information content (AvgIpc) is 3.08. The Morgan fingerprint density at radius 3 is 2.55 bits per heavy atom. The summed E-state index contributed by atoms with van der Waals surface area (Å²) in [6.45, 7) is 0.731. The zero-order valence-electron chi connectivity index (χ0n) is 15.7. The van der Waals surface area contributed by atoms with E-state index in [2.05, 4.69) is 10.3 Å². The zero-order valence-corrected chi connectivity index (χ0v) is 15.7. The molecule has 1 atom stereocenters. The molecule has 2 amide bonds. The topological polar surface area (TPSA) is 62.3 Å². The third kappa shape index (κ3) is 4.16. The van der Waals surface area contributed by atoms with Crippen LogP contribution in [0.2, 0.25) is 0 Å². The van der Waals surface area contributed by atoms with Crippen LogP contribution in [0.5, 0.6) is 0 Å². The molecule has 0 spiro atoms. The highest BCUT2D eigenvalue weighted by atomic mass is 19.1. The monoisotopic (exact) mass is 389 g/mol. The van der Waals surface area contributed by atoms with Crippen molar-refractivity contribution in [3.63, 3.8) is 0 Å². The van der Waals surface area contributed by atoms with Crippen LogP contribution in [0.25, 0.3) is 0 Å². The molecule has 1 N–H and O–H groups in total. The summed E-state index contributed by atoms with van der Waals surface area (Å²) in [4.78, 5) is 31.5. The fourth-order valence-electron chi connectivity index (χ4n) is 3.56. The van der Waals surface area contributed by atoms with Crippen molar-refractivity contribution in [2.45, 2.75) is 25.6 Å². The molecular weight excluding hydrogens is 369 g/mol. The number of carbonyl (C=O) groups excluding carboxylic acids is 2. The first-order valence-electron chi connectivity index (χ1n) is 9.43. The van der Waals surface area contributed by atoms with Crippen molar-refractivity contribution in [2.75, 3.05) is 0 Å². The fourth-order valence-corrected chi connectivity index (χ4v) is 3.56. The van der Waals surface area contributed by atoms with Crippen molar-refractivity contribution in [2.24, 2.45) is 0 Å². The van der Waals surface area contributed by atoms with E-state index in [4.69, 9.17) is 0 Å². The summed E-state index contributed by atoms with van der Waals surface area (Å²) in [5, 5.41) is 2.86. The van der Waals surface area contributed by atoms with Gasteiger partial charge in [-0.3, -0.25) is 14.6 Å². The van der Waals surface area contributed by atoms with Gasteiger partial charge < -0.3 is 10.2 Å². The summed E-state index contributed by atoms with van der Waals surface area (Å²) in [6, 6.07) is 18.4. The van der Waals surface area contributed by atoms with Crippen LogP contribution in [-0.4, -0.2) is 21.7 Å². The van der Waals surface area contributed by atoms with Crippen molar-refractivity contribution in [3.8, 4) is 0 Å². The first-order chi connectivity index (χ1) is 14.1. The molecule has 1 aromatic heterocycles. The van der Waals surface area contributed by atoms with Gasteiger partial charge in [0.05, 0.1) is 24.7 Å². The van der Waals surface area contributed by atoms with Crippen molar-refractivity contribution < 1.29 is 14.0 Å². The van der Waals surface area contributed by atoms with Crippen LogP contribution in [0.1, 0.15) is 39.6 Å². The number of hydrogen-bond acceptors (Lipinski definition) is 3. The average molecular weight is 389 g/mol. The van der Waals surface area contributed by atoms with E-state index in [-0.39, 0.29) is 24.1 Å². The number of halogens is 1. The standard InChI is InChI=1S/C23H20FN3O2/c24-18-10-8-16(9-11-18)21(13-22(28)26-14-19-6-3-4-12-25-19)27-15-17-5-1-2-7-20(17)23(27)29/h1-12,21H,13-15H2,(H,26,28). The number of pyridine rings is 1. The summed E-state index contributed by atoms with van der Waals surface area (Å²) in [5.74, 6) is -0.677. The normalized spacial score (nSPS) is 13.8. The molecule has 146 valence electrons. The molecule has 2 heterocycles. The van der Waals surface area contributed by atoms with E-state index in [0.717, 1.165) is 16.8 Å². The SMILES string of the molecule is O=C(CC(c1ccc(F)cc1)N1Cc2ccccc2C1=O)NCc1ccccn1. The number of fused-ring (bicyclic) bond motifs is 1. The number of amides is 2. The predicted molar refractivity (Wildman–Crippen MR) is 106 cm³/mol. The molecule has 2 aromatic carbocycles. The van der Waals surface area contributed by atoms with Crippen LogP contribution in [0.4, 0.5) is 4.39 Å². The Morgan fingerprint density at radius 2 is 1.83 bits per heavy atom. The van der Waals surface area contributed by atoms with Gasteiger partial charge in [-0.2, -0.15) is 0 Å². The van der Waals surface area contributed by atoms with Crippen LogP contribution >= 0.6 is 0 Å². The Kier molecular flexibility index (Phi) is 5.33. The third-order valence-electron chi connectivity index (χ3n) is 5.05. The lowest BCUT2D eigenvalue weighted by atomic mass is 10.0. The Balaban J connectivity index is 1.54. The maximum atomic E-state index is 13.4. The molecule has 0 aliphatic carbocycles. The number of nitrogens with one attached hydrogen (secondary N) is 1. The van der Waals surface area contributed by atoms with Gasteiger partial charge in [-0.1, -0.05) is 36.4 Å². The summed E-state index contributed by atoms with van der Waals surface area (Å²) in [5.41, 5.74) is 3.05. The highest BCUT2D eigenvalue weighted by molar-refractivity contribution is 5.98. The van der Waals surface area contributed by atoms with Gasteiger partial charge in [-0.15, -0.1) is 0 Å². The second-order valence-corrected chi connectivity index (χ2v) is 6.96. The maximum absolute atomic E-state index is 13.4. The smallest absolute Gasteiger partial charge is 0.255 e. The molecule has 0 radical (unpaired) electrons. The Labute approximate surface area is 168 Å². The fraction of sp³-hybridized carbons (Fsp3) is 0.174. The van der Waals surface area contributed by atoms with E-state index in [0.29, 0.717) is 18.7 Å². The van der Waals surface area contributed by atoms with Crippen molar-refractivity contribution in [3.05, 3.63) is 101 Å². The molecule has 0 fully saturated rings. The van der Waals surface area contributed by atoms with E-state index < -0.39 is 6.04 Å². The van der Waals surface area contributed by atoms with Crippen molar-refractivity contribution in [1.29, 1.82) is 0 Å². The van der Waals surface area contributed by atoms with E-state index >= 15 is 0 Å². The third-order valence-corrected chi connectivity index (χ3v) is 5.05. The Hall–Kier alpha value is -3.54. The van der Waals surface area contributed by atoms with Crippen molar-refractivity contribution >= 4 is 11.8 Å². The highest BCUT2D eigenvalue weighted by Crippen LogP contribution is 2.33. The first-order valence-corrected chi connectivity index (χ1v) is 9.43. The number of benzene rings is 2. The molecule has 5 nitrogen and oxygen atoms in total. The van der Waals surface area contributed by atoms with Gasteiger partial charge in [-0.05, 0) is 41.5 Å². The number of aromatic nitrogens is 1. The van der Waals surface area contributed by atoms with Gasteiger partial charge in [0, 0.05) is 18.3 Å². The first kappa shape index (κ1) is 18.8. The largest absolute Gasteiger partial charge is 0.350 e. The van der Waals surface area contributed by atoms with Crippen LogP contribution in [-0.2, 0) is 17.9 Å². The van der Waals surface area contributed by atoms with Gasteiger partial charge in [0.25, 0.3) is 5.91 Å². The summed E-state index contributed by atoms with van der Waals surface area (Å²) >= 11 is 0. The van der Waals surface area contributed by atoms with Gasteiger partial charge in [0.1, 0.15) is 5.82 Å². The minimum absolute atomic E-state index is 0.0815. The minimum Gasteiger partial charge on any atom is -0.350 e. The predicted octanol–water partition coefficient (Wildman–Crippen LogP) is 3.62. The van der Waals surface area contributed by atoms with Crippen LogP contribution in [0.15, 0.2) is 72.9 Å². The number of hydrogen-bond donors (Lipinski definition) is 1. The van der Waals surface area contributed by atoms with Gasteiger partial charge >= 0.3 is 0 Å². The lowest BCUT2D eigenvalue weighted by molar-refractivity contribution is -0.122. The lowest BCUT2D eigenvalue weighted by Gasteiger charge is -2.28. The zero-order chi connectivity index (χ0) is 20.2. The van der Waals surface area contributed by atoms with Crippen LogP contribution < -0.4 is 5.32 Å². The van der Waals surface area contributed by atoms with Crippen LogP contribution in [0, 0.1) is 5.82 Å². The second-order valence-electron chi connectivity index (χ2n) is 6.96. The molecular formula is C23H20FN3O2. The summed E-state index contributed by atoms with van der Waals surface area (Å²) in [6.07, 6.45) is 1.75. The number of nitrogens with zero attached hydrogens (tertiary/aromatic N) is 2. The quantitative estimate of drug-likeness (QED) is 0.700. The molecule has 6 heteroatoms. The molecule has 1 unspecified atom stereocenters. The molecule has 4 rings (SSSR count). The molecule has 29 heavy (non-hydrogen) atoms. The Bertz CT molecular complexity index is 1020. The molecule has 0 saturated heterocycles. The number of carbonyl (C=O) groups is 2. The van der Waals surface area contributed by atoms with E-state index in [1.54, 1.807) is 29.3 Å². The minimum atomic E-state index is -0.487. The number of rotatable bonds is 6. The Morgan fingerprint density at radius 1 is 1.07 bits per heavy atom. The van der Waals surface area contributed by atoms with E-state index in [9.17, 15) is 14.0 Å². The molecule has 0 saturated carbocycles. The van der Waals surface area contributed by atoms with Gasteiger partial charge in [-0.25, -0.2) is 4.39 Å². The van der Waals surface area contributed by atoms with Gasteiger partial charge in [0.15, 0.2) is 0 Å². The van der Waals surface area contributed by atoms with Gasteiger partial charge in [0.2, 0.25) is 5.91 Å². The highest BCUT2D eigenvalue weighted by Gasteiger charge is 2.34. The maximum Gasteiger partial charge on any atom is 0.255 e.